The molecular formula is C26H28N2O6. The van der Waals surface area contributed by atoms with E-state index in [9.17, 15) is 19.5 Å². The molecule has 3 aliphatic rings. The molecule has 2 fully saturated rings. The molecule has 2 aromatic carbocycles. The fourth-order valence-corrected chi connectivity index (χ4v) is 5.01. The minimum atomic E-state index is -1.31. The molecule has 2 aromatic rings. The van der Waals surface area contributed by atoms with Gasteiger partial charge in [0, 0.05) is 25.5 Å². The van der Waals surface area contributed by atoms with Crippen LogP contribution in [0.25, 0.3) is 11.1 Å². The molecule has 1 atom stereocenters. The highest BCUT2D eigenvalue weighted by molar-refractivity contribution is 5.92. The smallest absolute Gasteiger partial charge is 0.408 e. The summed E-state index contributed by atoms with van der Waals surface area (Å²) in [5.74, 6) is -1.28. The molecule has 2 amide bonds. The number of carbonyl (C=O) groups excluding carboxylic acids is 2. The maximum Gasteiger partial charge on any atom is 0.408 e. The predicted molar refractivity (Wildman–Crippen MR) is 123 cm³/mol. The molecule has 0 aromatic heterocycles. The summed E-state index contributed by atoms with van der Waals surface area (Å²) in [6.07, 6.45) is 1.53. The first kappa shape index (κ1) is 22.4. The Hall–Kier alpha value is -3.39. The number of hydrogen-bond donors (Lipinski definition) is 2. The number of carbonyl (C=O) groups is 3. The fourth-order valence-electron chi connectivity index (χ4n) is 5.01. The highest BCUT2D eigenvalue weighted by atomic mass is 16.6. The van der Waals surface area contributed by atoms with E-state index in [4.69, 9.17) is 9.47 Å². The summed E-state index contributed by atoms with van der Waals surface area (Å²) in [4.78, 5) is 39.0. The number of benzene rings is 2. The molecule has 0 spiro atoms. The van der Waals surface area contributed by atoms with Crippen molar-refractivity contribution in [3.05, 3.63) is 59.7 Å². The van der Waals surface area contributed by atoms with Crippen LogP contribution in [0.15, 0.2) is 48.5 Å². The van der Waals surface area contributed by atoms with E-state index >= 15 is 0 Å². The third kappa shape index (κ3) is 4.37. The van der Waals surface area contributed by atoms with Crippen LogP contribution in [0.4, 0.5) is 4.79 Å². The molecule has 5 rings (SSSR count). The second kappa shape index (κ2) is 9.10. The average molecular weight is 465 g/mol. The number of ether oxygens (including phenoxy) is 2. The van der Waals surface area contributed by atoms with Crippen molar-refractivity contribution < 1.29 is 29.0 Å². The lowest BCUT2D eigenvalue weighted by atomic mass is 9.96. The summed E-state index contributed by atoms with van der Waals surface area (Å²) < 4.78 is 11.1. The zero-order valence-corrected chi connectivity index (χ0v) is 18.9. The van der Waals surface area contributed by atoms with E-state index < -0.39 is 30.1 Å². The number of nitrogens with one attached hydrogen (secondary N) is 1. The number of amides is 2. The summed E-state index contributed by atoms with van der Waals surface area (Å²) in [5, 5.41) is 12.0. The van der Waals surface area contributed by atoms with Crippen molar-refractivity contribution in [2.75, 3.05) is 32.9 Å². The Labute approximate surface area is 197 Å². The second-order valence-electron chi connectivity index (χ2n) is 9.36. The molecule has 1 saturated carbocycles. The minimum absolute atomic E-state index is 0.00316. The lowest BCUT2D eigenvalue weighted by Crippen LogP contribution is -2.61. The van der Waals surface area contributed by atoms with E-state index in [2.05, 4.69) is 17.4 Å². The molecule has 0 bridgehead atoms. The monoisotopic (exact) mass is 464 g/mol. The summed E-state index contributed by atoms with van der Waals surface area (Å²) in [7, 11) is 0. The largest absolute Gasteiger partial charge is 0.480 e. The zero-order chi connectivity index (χ0) is 23.7. The van der Waals surface area contributed by atoms with E-state index in [1.807, 2.05) is 36.4 Å². The van der Waals surface area contributed by atoms with Crippen LogP contribution in [0.1, 0.15) is 36.3 Å². The van der Waals surface area contributed by atoms with E-state index in [0.717, 1.165) is 35.1 Å². The Morgan fingerprint density at radius 1 is 1.06 bits per heavy atom. The van der Waals surface area contributed by atoms with Crippen molar-refractivity contribution in [3.63, 3.8) is 0 Å². The first-order valence-electron chi connectivity index (χ1n) is 11.7. The SMILES string of the molecule is O=C(O)CN(CC1CC1)C(=O)C1(NC(=O)OCC2c3ccccc3-c3ccccc32)CCOC1. The summed E-state index contributed by atoms with van der Waals surface area (Å²) in [6, 6.07) is 16.1. The third-order valence-corrected chi connectivity index (χ3v) is 6.90. The second-order valence-corrected chi connectivity index (χ2v) is 9.36. The highest BCUT2D eigenvalue weighted by Crippen LogP contribution is 2.44. The highest BCUT2D eigenvalue weighted by Gasteiger charge is 2.47. The van der Waals surface area contributed by atoms with Gasteiger partial charge in [0.1, 0.15) is 18.7 Å². The standard InChI is InChI=1S/C26H28N2O6/c29-23(30)14-28(13-17-9-10-17)24(31)26(11-12-33-16-26)27-25(32)34-15-22-20-7-3-1-5-18(20)19-6-2-4-8-21(19)22/h1-8,17,22H,9-16H2,(H,27,32)(H,29,30). The van der Waals surface area contributed by atoms with Crippen LogP contribution in [0.2, 0.25) is 0 Å². The number of carboxylic acid groups (broad SMARTS) is 1. The zero-order valence-electron chi connectivity index (χ0n) is 18.9. The van der Waals surface area contributed by atoms with Gasteiger partial charge in [-0.25, -0.2) is 4.79 Å². The number of aliphatic carboxylic acids is 1. The lowest BCUT2D eigenvalue weighted by Gasteiger charge is -2.33. The molecule has 1 unspecified atom stereocenters. The first-order chi connectivity index (χ1) is 16.5. The first-order valence-corrected chi connectivity index (χ1v) is 11.7. The van der Waals surface area contributed by atoms with E-state index in [1.54, 1.807) is 0 Å². The average Bonchev–Trinajstić information content (AvgIpc) is 3.42. The lowest BCUT2D eigenvalue weighted by molar-refractivity contribution is -0.147. The summed E-state index contributed by atoms with van der Waals surface area (Å²) in [6.45, 7) is 0.408. The topological polar surface area (TPSA) is 105 Å². The Bertz CT molecular complexity index is 1060. The molecule has 2 N–H and O–H groups in total. The number of hydrogen-bond acceptors (Lipinski definition) is 5. The van der Waals surface area contributed by atoms with Gasteiger partial charge in [0.25, 0.3) is 5.91 Å². The Kier molecular flexibility index (Phi) is 6.00. The van der Waals surface area contributed by atoms with Crippen molar-refractivity contribution >= 4 is 18.0 Å². The molecule has 1 aliphatic heterocycles. The molecule has 178 valence electrons. The predicted octanol–water partition coefficient (Wildman–Crippen LogP) is 3.01. The van der Waals surface area contributed by atoms with Crippen LogP contribution in [-0.4, -0.2) is 66.4 Å². The van der Waals surface area contributed by atoms with Gasteiger partial charge in [-0.05, 0) is 41.0 Å². The number of alkyl carbamates (subject to hydrolysis) is 1. The van der Waals surface area contributed by atoms with Crippen LogP contribution < -0.4 is 5.32 Å². The van der Waals surface area contributed by atoms with Crippen molar-refractivity contribution in [2.45, 2.75) is 30.7 Å². The van der Waals surface area contributed by atoms with Gasteiger partial charge in [0.05, 0.1) is 6.61 Å². The Morgan fingerprint density at radius 2 is 1.71 bits per heavy atom. The molecular weight excluding hydrogens is 436 g/mol. The van der Waals surface area contributed by atoms with Gasteiger partial charge in [0.15, 0.2) is 0 Å². The maximum absolute atomic E-state index is 13.4. The van der Waals surface area contributed by atoms with Crippen molar-refractivity contribution in [1.29, 1.82) is 0 Å². The van der Waals surface area contributed by atoms with Crippen LogP contribution in [0, 0.1) is 5.92 Å². The van der Waals surface area contributed by atoms with E-state index in [0.29, 0.717) is 19.1 Å². The third-order valence-electron chi connectivity index (χ3n) is 6.90. The van der Waals surface area contributed by atoms with Gasteiger partial charge in [-0.15, -0.1) is 0 Å². The summed E-state index contributed by atoms with van der Waals surface area (Å²) in [5.41, 5.74) is 3.15. The molecule has 8 nitrogen and oxygen atoms in total. The molecule has 8 heteroatoms. The van der Waals surface area contributed by atoms with Crippen molar-refractivity contribution in [3.8, 4) is 11.1 Å². The van der Waals surface area contributed by atoms with Crippen molar-refractivity contribution in [1.82, 2.24) is 10.2 Å². The number of fused-ring (bicyclic) bond motifs is 3. The van der Waals surface area contributed by atoms with Crippen LogP contribution in [0.3, 0.4) is 0 Å². The molecule has 1 saturated heterocycles. The van der Waals surface area contributed by atoms with Gasteiger partial charge in [0.2, 0.25) is 0 Å². The van der Waals surface area contributed by atoms with E-state index in [-0.39, 0.29) is 25.6 Å². The van der Waals surface area contributed by atoms with Gasteiger partial charge in [-0.2, -0.15) is 0 Å². The van der Waals surface area contributed by atoms with Crippen LogP contribution in [0.5, 0.6) is 0 Å². The quantitative estimate of drug-likeness (QED) is 0.622. The normalized spacial score (nSPS) is 20.9. The number of nitrogens with zero attached hydrogens (tertiary/aromatic N) is 1. The van der Waals surface area contributed by atoms with Gasteiger partial charge >= 0.3 is 12.1 Å². The Morgan fingerprint density at radius 3 is 2.26 bits per heavy atom. The molecule has 2 aliphatic carbocycles. The number of rotatable bonds is 8. The van der Waals surface area contributed by atoms with Gasteiger partial charge in [-0.1, -0.05) is 48.5 Å². The maximum atomic E-state index is 13.4. The van der Waals surface area contributed by atoms with Gasteiger partial charge in [-0.3, -0.25) is 9.59 Å². The van der Waals surface area contributed by atoms with Crippen LogP contribution >= 0.6 is 0 Å². The molecule has 34 heavy (non-hydrogen) atoms. The van der Waals surface area contributed by atoms with Crippen LogP contribution in [-0.2, 0) is 19.1 Å². The van der Waals surface area contributed by atoms with E-state index in [1.165, 1.54) is 4.90 Å². The van der Waals surface area contributed by atoms with Crippen molar-refractivity contribution in [2.24, 2.45) is 5.92 Å². The fraction of sp³-hybridized carbons (Fsp3) is 0.423. The Balaban J connectivity index is 1.29. The molecule has 0 radical (unpaired) electrons. The molecule has 1 heterocycles. The number of carboxylic acids is 1. The minimum Gasteiger partial charge on any atom is -0.480 e. The van der Waals surface area contributed by atoms with Gasteiger partial charge < -0.3 is 24.8 Å². The summed E-state index contributed by atoms with van der Waals surface area (Å²) >= 11 is 0.